The van der Waals surface area contributed by atoms with Gasteiger partial charge in [-0.25, -0.2) is 0 Å². The Kier molecular flexibility index (Phi) is 33.0. The number of hydrogen-bond donors (Lipinski definition) is 1. The fourth-order valence-electron chi connectivity index (χ4n) is 4.96. The molecule has 0 aromatic rings. The van der Waals surface area contributed by atoms with Crippen LogP contribution in [0.5, 0.6) is 0 Å². The number of unbranched alkanes of at least 4 members (excludes halogenated alkanes) is 22. The van der Waals surface area contributed by atoms with E-state index in [0.717, 1.165) is 12.8 Å². The van der Waals surface area contributed by atoms with Crippen LogP contribution in [0.1, 0.15) is 181 Å². The molecule has 0 atom stereocenters. The van der Waals surface area contributed by atoms with E-state index in [2.05, 4.69) is 13.8 Å². The van der Waals surface area contributed by atoms with Crippen LogP contribution in [0.3, 0.4) is 0 Å². The van der Waals surface area contributed by atoms with Crippen molar-refractivity contribution in [2.45, 2.75) is 187 Å². The first kappa shape index (κ1) is 38.4. The van der Waals surface area contributed by atoms with Crippen LogP contribution in [0.4, 0.5) is 0 Å². The summed E-state index contributed by atoms with van der Waals surface area (Å²) in [4.78, 5) is 11.5. The van der Waals surface area contributed by atoms with Gasteiger partial charge in [-0.2, -0.15) is 0 Å². The minimum Gasteiger partial charge on any atom is -0.465 e. The lowest BCUT2D eigenvalue weighted by Crippen LogP contribution is -2.22. The molecule has 0 fully saturated rings. The lowest BCUT2D eigenvalue weighted by molar-refractivity contribution is -0.162. The van der Waals surface area contributed by atoms with E-state index in [0.29, 0.717) is 19.6 Å². The number of aliphatic hydroxyl groups is 1. The van der Waals surface area contributed by atoms with Gasteiger partial charge in [0.2, 0.25) is 0 Å². The lowest BCUT2D eigenvalue weighted by atomic mass is 10.1. The maximum Gasteiger partial charge on any atom is 0.308 e. The van der Waals surface area contributed by atoms with Crippen LogP contribution in [0, 0.1) is 0 Å². The summed E-state index contributed by atoms with van der Waals surface area (Å²) in [6.45, 7) is 6.05. The van der Waals surface area contributed by atoms with Crippen LogP contribution < -0.4 is 0 Å². The van der Waals surface area contributed by atoms with Crippen LogP contribution >= 0.6 is 0 Å². The van der Waals surface area contributed by atoms with E-state index < -0.39 is 0 Å². The standard InChI is InChI=1S/C34H68O5/c1-3-5-7-9-11-13-15-17-19-21-23-25-30-38-34(28-32-37-33(36)27-29-35)39-31-26-24-22-20-18-16-14-12-10-8-6-4-2/h34-35H,3-32H2,1-2H3. The van der Waals surface area contributed by atoms with Crippen molar-refractivity contribution >= 4 is 5.97 Å². The predicted octanol–water partition coefficient (Wildman–Crippen LogP) is 10.1. The van der Waals surface area contributed by atoms with Gasteiger partial charge in [-0.1, -0.05) is 155 Å². The monoisotopic (exact) mass is 557 g/mol. The van der Waals surface area contributed by atoms with E-state index in [-0.39, 0.29) is 31.9 Å². The van der Waals surface area contributed by atoms with Crippen molar-refractivity contribution in [1.82, 2.24) is 0 Å². The number of aliphatic hydroxyl groups excluding tert-OH is 1. The Morgan fingerprint density at radius 3 is 1.18 bits per heavy atom. The van der Waals surface area contributed by atoms with Gasteiger partial charge in [0.1, 0.15) is 0 Å². The number of rotatable bonds is 33. The zero-order valence-corrected chi connectivity index (χ0v) is 26.4. The van der Waals surface area contributed by atoms with E-state index in [4.69, 9.17) is 19.3 Å². The second-order valence-corrected chi connectivity index (χ2v) is 11.4. The Bertz CT molecular complexity index is 441. The number of carbonyl (C=O) groups is 1. The van der Waals surface area contributed by atoms with Crippen LogP contribution in [0.15, 0.2) is 0 Å². The molecule has 0 aromatic heterocycles. The first-order valence-corrected chi connectivity index (χ1v) is 17.2. The second-order valence-electron chi connectivity index (χ2n) is 11.4. The van der Waals surface area contributed by atoms with Crippen LogP contribution in [-0.2, 0) is 19.0 Å². The first-order chi connectivity index (χ1) is 19.2. The molecule has 234 valence electrons. The molecule has 0 saturated heterocycles. The summed E-state index contributed by atoms with van der Waals surface area (Å²) >= 11 is 0. The molecule has 0 unspecified atom stereocenters. The molecule has 0 aliphatic heterocycles. The highest BCUT2D eigenvalue weighted by Gasteiger charge is 2.11. The Balaban J connectivity index is 3.81. The van der Waals surface area contributed by atoms with Crippen molar-refractivity contribution in [3.05, 3.63) is 0 Å². The summed E-state index contributed by atoms with van der Waals surface area (Å²) in [5.41, 5.74) is 0. The minimum absolute atomic E-state index is 0.0457. The van der Waals surface area contributed by atoms with Gasteiger partial charge in [-0.05, 0) is 12.8 Å². The molecular weight excluding hydrogens is 488 g/mol. The molecule has 0 saturated carbocycles. The van der Waals surface area contributed by atoms with Crippen molar-refractivity contribution in [2.75, 3.05) is 26.4 Å². The third-order valence-electron chi connectivity index (χ3n) is 7.54. The number of hydrogen-bond acceptors (Lipinski definition) is 5. The van der Waals surface area contributed by atoms with Gasteiger partial charge in [0.15, 0.2) is 6.29 Å². The molecule has 0 rings (SSSR count). The molecule has 0 aliphatic rings. The second kappa shape index (κ2) is 33.6. The normalized spacial score (nSPS) is 11.5. The minimum atomic E-state index is -0.363. The van der Waals surface area contributed by atoms with Crippen LogP contribution in [0.2, 0.25) is 0 Å². The highest BCUT2D eigenvalue weighted by molar-refractivity contribution is 5.69. The molecular formula is C34H68O5. The van der Waals surface area contributed by atoms with Crippen molar-refractivity contribution in [3.63, 3.8) is 0 Å². The molecule has 0 aromatic carbocycles. The molecule has 0 radical (unpaired) electrons. The van der Waals surface area contributed by atoms with Gasteiger partial charge >= 0.3 is 5.97 Å². The number of ether oxygens (including phenoxy) is 3. The Hall–Kier alpha value is -0.650. The summed E-state index contributed by atoms with van der Waals surface area (Å²) in [6.07, 6.45) is 32.2. The molecule has 39 heavy (non-hydrogen) atoms. The van der Waals surface area contributed by atoms with Crippen molar-refractivity contribution in [1.29, 1.82) is 0 Å². The number of esters is 1. The van der Waals surface area contributed by atoms with E-state index >= 15 is 0 Å². The molecule has 0 spiro atoms. The largest absolute Gasteiger partial charge is 0.465 e. The summed E-state index contributed by atoms with van der Waals surface area (Å²) in [5, 5.41) is 8.87. The van der Waals surface area contributed by atoms with Gasteiger partial charge in [-0.3, -0.25) is 4.79 Å². The summed E-state index contributed by atoms with van der Waals surface area (Å²) < 4.78 is 17.2. The van der Waals surface area contributed by atoms with E-state index in [1.165, 1.54) is 141 Å². The maximum atomic E-state index is 11.5. The smallest absolute Gasteiger partial charge is 0.308 e. The first-order valence-electron chi connectivity index (χ1n) is 17.2. The Morgan fingerprint density at radius 2 is 0.846 bits per heavy atom. The van der Waals surface area contributed by atoms with Crippen molar-refractivity contribution < 1.29 is 24.1 Å². The maximum absolute atomic E-state index is 11.5. The van der Waals surface area contributed by atoms with E-state index in [9.17, 15) is 4.79 Å². The highest BCUT2D eigenvalue weighted by atomic mass is 16.7. The molecule has 0 aliphatic carbocycles. The quantitative estimate of drug-likeness (QED) is 0.0495. The molecule has 1 N–H and O–H groups in total. The molecule has 5 heteroatoms. The van der Waals surface area contributed by atoms with Crippen molar-refractivity contribution in [3.8, 4) is 0 Å². The van der Waals surface area contributed by atoms with Gasteiger partial charge < -0.3 is 19.3 Å². The fraction of sp³-hybridized carbons (Fsp3) is 0.971. The molecule has 0 heterocycles. The fourth-order valence-corrected chi connectivity index (χ4v) is 4.96. The van der Waals surface area contributed by atoms with Crippen LogP contribution in [0.25, 0.3) is 0 Å². The average Bonchev–Trinajstić information content (AvgIpc) is 2.93. The number of carbonyl (C=O) groups excluding carboxylic acids is 1. The highest BCUT2D eigenvalue weighted by Crippen LogP contribution is 2.14. The zero-order chi connectivity index (χ0) is 28.5. The SMILES string of the molecule is CCCCCCCCCCCCCCOC(CCOC(=O)CCO)OCCCCCCCCCCCCCC. The van der Waals surface area contributed by atoms with Crippen LogP contribution in [-0.4, -0.2) is 43.8 Å². The Labute approximate surface area is 243 Å². The van der Waals surface area contributed by atoms with Gasteiger partial charge in [0.05, 0.1) is 19.6 Å². The summed E-state index contributed by atoms with van der Waals surface area (Å²) in [5.74, 6) is -0.363. The van der Waals surface area contributed by atoms with Gasteiger partial charge in [0.25, 0.3) is 0 Å². The van der Waals surface area contributed by atoms with Gasteiger partial charge in [-0.15, -0.1) is 0 Å². The predicted molar refractivity (Wildman–Crippen MR) is 165 cm³/mol. The molecule has 0 bridgehead atoms. The average molecular weight is 557 g/mol. The summed E-state index contributed by atoms with van der Waals surface area (Å²) in [7, 11) is 0. The molecule has 0 amide bonds. The lowest BCUT2D eigenvalue weighted by Gasteiger charge is -2.19. The Morgan fingerprint density at radius 1 is 0.513 bits per heavy atom. The summed E-state index contributed by atoms with van der Waals surface area (Å²) in [6, 6.07) is 0. The topological polar surface area (TPSA) is 65.0 Å². The van der Waals surface area contributed by atoms with Crippen molar-refractivity contribution in [2.24, 2.45) is 0 Å². The third kappa shape index (κ3) is 31.7. The zero-order valence-electron chi connectivity index (χ0n) is 26.4. The van der Waals surface area contributed by atoms with E-state index in [1.54, 1.807) is 0 Å². The van der Waals surface area contributed by atoms with Gasteiger partial charge in [0, 0.05) is 19.6 Å². The molecule has 5 nitrogen and oxygen atoms in total. The third-order valence-corrected chi connectivity index (χ3v) is 7.54. The van der Waals surface area contributed by atoms with E-state index in [1.807, 2.05) is 0 Å².